The highest BCUT2D eigenvalue weighted by molar-refractivity contribution is 6.03. The summed E-state index contributed by atoms with van der Waals surface area (Å²) in [5.74, 6) is -0.557. The maximum atomic E-state index is 12.6. The number of nitrogens with zero attached hydrogens (tertiary/aromatic N) is 1. The third-order valence-corrected chi connectivity index (χ3v) is 4.59. The van der Waals surface area contributed by atoms with Crippen molar-refractivity contribution in [3.63, 3.8) is 0 Å². The zero-order valence-corrected chi connectivity index (χ0v) is 16.7. The van der Waals surface area contributed by atoms with Crippen LogP contribution in [0.1, 0.15) is 30.6 Å². The lowest BCUT2D eigenvalue weighted by atomic mass is 10.1. The van der Waals surface area contributed by atoms with Crippen molar-refractivity contribution in [2.45, 2.75) is 26.4 Å². The number of carbonyl (C=O) groups excluding carboxylic acids is 3. The van der Waals surface area contributed by atoms with E-state index in [2.05, 4.69) is 5.32 Å². The van der Waals surface area contributed by atoms with Crippen LogP contribution in [-0.2, 0) is 14.3 Å². The topological polar surface area (TPSA) is 84.9 Å². The molecule has 0 bridgehead atoms. The maximum Gasteiger partial charge on any atom is 0.338 e. The largest absolute Gasteiger partial charge is 0.497 e. The summed E-state index contributed by atoms with van der Waals surface area (Å²) in [5.41, 5.74) is 1.68. The Hall–Kier alpha value is -3.35. The molecule has 7 heteroatoms. The van der Waals surface area contributed by atoms with Gasteiger partial charge in [0, 0.05) is 30.4 Å². The van der Waals surface area contributed by atoms with Crippen molar-refractivity contribution in [1.29, 1.82) is 0 Å². The van der Waals surface area contributed by atoms with Crippen molar-refractivity contribution in [2.24, 2.45) is 5.92 Å². The molecule has 1 saturated heterocycles. The third-order valence-electron chi connectivity index (χ3n) is 4.59. The minimum atomic E-state index is -0.459. The average molecular weight is 396 g/mol. The van der Waals surface area contributed by atoms with Crippen LogP contribution in [0.5, 0.6) is 5.75 Å². The van der Waals surface area contributed by atoms with Crippen molar-refractivity contribution in [3.05, 3.63) is 54.1 Å². The first-order valence-corrected chi connectivity index (χ1v) is 9.43. The summed E-state index contributed by atoms with van der Waals surface area (Å²) in [6.45, 7) is 3.87. The highest BCUT2D eigenvalue weighted by Gasteiger charge is 2.35. The Morgan fingerprint density at radius 2 is 1.86 bits per heavy atom. The second-order valence-corrected chi connectivity index (χ2v) is 7.13. The van der Waals surface area contributed by atoms with Crippen LogP contribution >= 0.6 is 0 Å². The summed E-state index contributed by atoms with van der Waals surface area (Å²) in [7, 11) is 1.56. The van der Waals surface area contributed by atoms with Gasteiger partial charge in [-0.1, -0.05) is 6.07 Å². The highest BCUT2D eigenvalue weighted by Crippen LogP contribution is 2.28. The van der Waals surface area contributed by atoms with Gasteiger partial charge in [0.25, 0.3) is 0 Å². The Morgan fingerprint density at radius 3 is 2.52 bits per heavy atom. The van der Waals surface area contributed by atoms with Gasteiger partial charge in [-0.05, 0) is 50.2 Å². The van der Waals surface area contributed by atoms with E-state index in [-0.39, 0.29) is 24.3 Å². The van der Waals surface area contributed by atoms with E-state index in [1.54, 1.807) is 68.3 Å². The van der Waals surface area contributed by atoms with Gasteiger partial charge in [0.05, 0.1) is 24.7 Å². The van der Waals surface area contributed by atoms with E-state index in [0.29, 0.717) is 29.2 Å². The Balaban J connectivity index is 1.62. The molecule has 0 aliphatic carbocycles. The molecule has 1 N–H and O–H groups in total. The molecule has 2 aromatic rings. The summed E-state index contributed by atoms with van der Waals surface area (Å²) < 4.78 is 10.3. The molecule has 1 atom stereocenters. The van der Waals surface area contributed by atoms with Gasteiger partial charge >= 0.3 is 5.97 Å². The fourth-order valence-electron chi connectivity index (χ4n) is 3.13. The lowest BCUT2D eigenvalue weighted by Gasteiger charge is -2.17. The van der Waals surface area contributed by atoms with Crippen molar-refractivity contribution >= 4 is 29.2 Å². The first-order chi connectivity index (χ1) is 13.9. The molecular weight excluding hydrogens is 372 g/mol. The van der Waals surface area contributed by atoms with Gasteiger partial charge in [0.1, 0.15) is 5.75 Å². The number of hydrogen-bond donors (Lipinski definition) is 1. The Bertz CT molecular complexity index is 908. The molecule has 1 fully saturated rings. The number of hydrogen-bond acceptors (Lipinski definition) is 5. The number of rotatable bonds is 6. The van der Waals surface area contributed by atoms with Gasteiger partial charge in [-0.2, -0.15) is 0 Å². The molecule has 152 valence electrons. The van der Waals surface area contributed by atoms with Crippen LogP contribution in [0.25, 0.3) is 0 Å². The summed E-state index contributed by atoms with van der Waals surface area (Å²) in [6.07, 6.45) is -0.0590. The van der Waals surface area contributed by atoms with Gasteiger partial charge in [0.15, 0.2) is 0 Å². The normalized spacial score (nSPS) is 16.1. The molecule has 0 unspecified atom stereocenters. The van der Waals surface area contributed by atoms with Gasteiger partial charge in [0.2, 0.25) is 11.8 Å². The minimum absolute atomic E-state index is 0.106. The number of esters is 1. The van der Waals surface area contributed by atoms with E-state index in [0.717, 1.165) is 0 Å². The highest BCUT2D eigenvalue weighted by atomic mass is 16.5. The van der Waals surface area contributed by atoms with E-state index in [9.17, 15) is 14.4 Å². The lowest BCUT2D eigenvalue weighted by Crippen LogP contribution is -2.28. The molecule has 0 spiro atoms. The van der Waals surface area contributed by atoms with E-state index >= 15 is 0 Å². The maximum absolute atomic E-state index is 12.6. The van der Waals surface area contributed by atoms with Crippen molar-refractivity contribution in [1.82, 2.24) is 0 Å². The van der Waals surface area contributed by atoms with Crippen LogP contribution in [0.2, 0.25) is 0 Å². The second kappa shape index (κ2) is 8.77. The minimum Gasteiger partial charge on any atom is -0.497 e. The number of benzene rings is 2. The van der Waals surface area contributed by atoms with Crippen molar-refractivity contribution < 1.29 is 23.9 Å². The lowest BCUT2D eigenvalue weighted by molar-refractivity contribution is -0.122. The van der Waals surface area contributed by atoms with Gasteiger partial charge in [-0.25, -0.2) is 4.79 Å². The number of methoxy groups -OCH3 is 1. The van der Waals surface area contributed by atoms with E-state index < -0.39 is 11.9 Å². The van der Waals surface area contributed by atoms with E-state index in [1.807, 2.05) is 6.07 Å². The monoisotopic (exact) mass is 396 g/mol. The third kappa shape index (κ3) is 4.93. The summed E-state index contributed by atoms with van der Waals surface area (Å²) in [6, 6.07) is 13.7. The molecule has 0 radical (unpaired) electrons. The Morgan fingerprint density at radius 1 is 1.14 bits per heavy atom. The molecule has 29 heavy (non-hydrogen) atoms. The fourth-order valence-corrected chi connectivity index (χ4v) is 3.13. The van der Waals surface area contributed by atoms with Crippen LogP contribution in [-0.4, -0.2) is 37.5 Å². The standard InChI is InChI=1S/C22H24N2O5/c1-14(2)29-22(27)15-7-9-17(10-8-15)23-21(26)16-11-20(25)24(13-16)18-5-4-6-19(12-18)28-3/h4-10,12,14,16H,11,13H2,1-3H3,(H,23,26)/t16-/m0/s1. The molecule has 1 heterocycles. The average Bonchev–Trinajstić information content (AvgIpc) is 3.10. The van der Waals surface area contributed by atoms with Crippen molar-refractivity contribution in [3.8, 4) is 5.75 Å². The molecule has 1 aliphatic heterocycles. The Kier molecular flexibility index (Phi) is 6.16. The number of anilines is 2. The van der Waals surface area contributed by atoms with Gasteiger partial charge in [-0.15, -0.1) is 0 Å². The molecule has 2 amide bonds. The van der Waals surface area contributed by atoms with Gasteiger partial charge in [-0.3, -0.25) is 9.59 Å². The van der Waals surface area contributed by atoms with Crippen LogP contribution in [0.4, 0.5) is 11.4 Å². The SMILES string of the molecule is COc1cccc(N2C[C@@H](C(=O)Nc3ccc(C(=O)OC(C)C)cc3)CC2=O)c1. The van der Waals surface area contributed by atoms with E-state index in [4.69, 9.17) is 9.47 Å². The fraction of sp³-hybridized carbons (Fsp3) is 0.318. The number of amides is 2. The summed E-state index contributed by atoms with van der Waals surface area (Å²) in [5, 5.41) is 2.81. The molecule has 0 saturated carbocycles. The predicted molar refractivity (Wildman–Crippen MR) is 109 cm³/mol. The second-order valence-electron chi connectivity index (χ2n) is 7.13. The van der Waals surface area contributed by atoms with Crippen LogP contribution in [0.3, 0.4) is 0 Å². The van der Waals surface area contributed by atoms with Crippen LogP contribution in [0, 0.1) is 5.92 Å². The molecule has 2 aromatic carbocycles. The van der Waals surface area contributed by atoms with Crippen LogP contribution < -0.4 is 15.0 Å². The molecule has 0 aromatic heterocycles. The quantitative estimate of drug-likeness (QED) is 0.758. The molecule has 3 rings (SSSR count). The van der Waals surface area contributed by atoms with E-state index in [1.165, 1.54) is 0 Å². The summed E-state index contributed by atoms with van der Waals surface area (Å²) in [4.78, 5) is 38.5. The van der Waals surface area contributed by atoms with Gasteiger partial charge < -0.3 is 19.7 Å². The number of ether oxygens (including phenoxy) is 2. The number of carbonyl (C=O) groups is 3. The number of nitrogens with one attached hydrogen (secondary N) is 1. The van der Waals surface area contributed by atoms with Crippen molar-refractivity contribution in [2.75, 3.05) is 23.9 Å². The molecule has 7 nitrogen and oxygen atoms in total. The predicted octanol–water partition coefficient (Wildman–Crippen LogP) is 3.25. The Labute approximate surface area is 169 Å². The zero-order valence-electron chi connectivity index (χ0n) is 16.7. The molecule has 1 aliphatic rings. The summed E-state index contributed by atoms with van der Waals surface area (Å²) >= 11 is 0. The zero-order chi connectivity index (χ0) is 21.0. The first-order valence-electron chi connectivity index (χ1n) is 9.43. The van der Waals surface area contributed by atoms with Crippen LogP contribution in [0.15, 0.2) is 48.5 Å². The first kappa shape index (κ1) is 20.4. The molecular formula is C22H24N2O5. The smallest absolute Gasteiger partial charge is 0.338 e.